The molecular weight excluding hydrogens is 381 g/mol. The molecule has 0 saturated heterocycles. The zero-order valence-electron chi connectivity index (χ0n) is 15.0. The molecule has 1 amide bonds. The quantitative estimate of drug-likeness (QED) is 0.597. The number of nitrogens with zero attached hydrogens (tertiary/aromatic N) is 2. The van der Waals surface area contributed by atoms with E-state index in [1.165, 1.54) is 36.5 Å². The number of nitrogens with one attached hydrogen (secondary N) is 1. The number of benzene rings is 2. The van der Waals surface area contributed by atoms with Gasteiger partial charge in [-0.05, 0) is 48.4 Å². The van der Waals surface area contributed by atoms with Crippen molar-refractivity contribution >= 4 is 23.6 Å². The molecule has 3 aromatic rings. The molecule has 1 heterocycles. The van der Waals surface area contributed by atoms with Crippen LogP contribution in [0.15, 0.2) is 67.1 Å². The molecule has 1 atom stereocenters. The highest BCUT2D eigenvalue weighted by Gasteiger charge is 2.09. The third-order valence-electron chi connectivity index (χ3n) is 3.86. The Morgan fingerprint density at radius 1 is 1.25 bits per heavy atom. The maximum absolute atomic E-state index is 13.1. The van der Waals surface area contributed by atoms with E-state index in [4.69, 9.17) is 16.3 Å². The second-order valence-corrected chi connectivity index (χ2v) is 6.35. The summed E-state index contributed by atoms with van der Waals surface area (Å²) in [7, 11) is 0. The molecule has 1 unspecified atom stereocenters. The van der Waals surface area contributed by atoms with Crippen LogP contribution in [-0.2, 0) is 4.79 Å². The molecule has 0 spiro atoms. The van der Waals surface area contributed by atoms with Crippen molar-refractivity contribution in [3.05, 3.63) is 89.1 Å². The van der Waals surface area contributed by atoms with Crippen molar-refractivity contribution in [3.63, 3.8) is 0 Å². The topological polar surface area (TPSA) is 64.1 Å². The van der Waals surface area contributed by atoms with Gasteiger partial charge in [-0.15, -0.1) is 0 Å². The zero-order chi connectivity index (χ0) is 19.9. The predicted molar refractivity (Wildman–Crippen MR) is 106 cm³/mol. The van der Waals surface area contributed by atoms with Crippen molar-refractivity contribution in [3.8, 4) is 11.6 Å². The Balaban J connectivity index is 1.63. The van der Waals surface area contributed by atoms with Crippen molar-refractivity contribution in [2.45, 2.75) is 13.0 Å². The summed E-state index contributed by atoms with van der Waals surface area (Å²) in [5, 5.41) is 3.10. The Morgan fingerprint density at radius 3 is 2.86 bits per heavy atom. The minimum Gasteiger partial charge on any atom is -0.437 e. The average Bonchev–Trinajstić information content (AvgIpc) is 2.68. The fourth-order valence-corrected chi connectivity index (χ4v) is 2.68. The lowest BCUT2D eigenvalue weighted by molar-refractivity contribution is -0.117. The van der Waals surface area contributed by atoms with Gasteiger partial charge in [0.15, 0.2) is 0 Å². The molecule has 1 aromatic heterocycles. The van der Waals surface area contributed by atoms with Crippen LogP contribution in [0.25, 0.3) is 6.08 Å². The van der Waals surface area contributed by atoms with Gasteiger partial charge < -0.3 is 10.1 Å². The van der Waals surface area contributed by atoms with Crippen LogP contribution in [0.1, 0.15) is 24.1 Å². The van der Waals surface area contributed by atoms with Crippen LogP contribution in [0.5, 0.6) is 11.6 Å². The van der Waals surface area contributed by atoms with Crippen LogP contribution in [0.4, 0.5) is 4.39 Å². The fraction of sp³-hybridized carbons (Fsp3) is 0.0952. The van der Waals surface area contributed by atoms with Crippen LogP contribution in [0, 0.1) is 5.82 Å². The second-order valence-electron chi connectivity index (χ2n) is 5.95. The molecule has 0 fully saturated rings. The Labute approximate surface area is 166 Å². The van der Waals surface area contributed by atoms with Gasteiger partial charge in [-0.25, -0.2) is 9.37 Å². The molecule has 28 heavy (non-hydrogen) atoms. The zero-order valence-corrected chi connectivity index (χ0v) is 15.7. The molecule has 2 aromatic carbocycles. The molecule has 0 aliphatic heterocycles. The Hall–Kier alpha value is -3.25. The van der Waals surface area contributed by atoms with Crippen LogP contribution in [-0.4, -0.2) is 15.9 Å². The molecule has 7 heteroatoms. The summed E-state index contributed by atoms with van der Waals surface area (Å²) in [5.74, 6) is 0.250. The fourth-order valence-electron chi connectivity index (χ4n) is 2.45. The normalized spacial score (nSPS) is 12.0. The first kappa shape index (κ1) is 19.5. The molecule has 1 N–H and O–H groups in total. The monoisotopic (exact) mass is 397 g/mol. The highest BCUT2D eigenvalue weighted by Crippen LogP contribution is 2.23. The van der Waals surface area contributed by atoms with Crippen molar-refractivity contribution in [2.24, 2.45) is 0 Å². The number of amides is 1. The first-order valence-corrected chi connectivity index (χ1v) is 8.86. The number of hydrogen-bond acceptors (Lipinski definition) is 4. The Bertz CT molecular complexity index is 996. The van der Waals surface area contributed by atoms with Gasteiger partial charge in [0.05, 0.1) is 17.3 Å². The second kappa shape index (κ2) is 9.10. The minimum atomic E-state index is -0.427. The van der Waals surface area contributed by atoms with Gasteiger partial charge in [-0.3, -0.25) is 9.78 Å². The van der Waals surface area contributed by atoms with Crippen LogP contribution in [0.2, 0.25) is 5.02 Å². The Kier molecular flexibility index (Phi) is 6.34. The lowest BCUT2D eigenvalue weighted by Gasteiger charge is -2.14. The van der Waals surface area contributed by atoms with E-state index in [1.54, 1.807) is 18.5 Å². The number of halogens is 2. The van der Waals surface area contributed by atoms with Crippen LogP contribution in [0.3, 0.4) is 0 Å². The number of carbonyl (C=O) groups excluding carboxylic acids is 1. The highest BCUT2D eigenvalue weighted by atomic mass is 35.5. The average molecular weight is 398 g/mol. The van der Waals surface area contributed by atoms with Crippen molar-refractivity contribution < 1.29 is 13.9 Å². The molecule has 3 rings (SSSR count). The molecule has 0 saturated carbocycles. The summed E-state index contributed by atoms with van der Waals surface area (Å²) in [6.45, 7) is 1.86. The summed E-state index contributed by atoms with van der Waals surface area (Å²) in [6.07, 6.45) is 7.52. The number of aromatic nitrogens is 2. The minimum absolute atomic E-state index is 0.242. The van der Waals surface area contributed by atoms with Gasteiger partial charge in [0.1, 0.15) is 11.6 Å². The maximum atomic E-state index is 13.1. The van der Waals surface area contributed by atoms with Gasteiger partial charge in [0.25, 0.3) is 0 Å². The standard InChI is InChI=1S/C21H17ClFN3O2/c1-14(26-20(27)8-6-15-5-7-17(23)12-19(15)22)16-3-2-4-18(11-16)28-21-13-24-9-10-25-21/h2-14H,1H3,(H,26,27)/b8-6+. The number of carbonyl (C=O) groups is 1. The van der Waals surface area contributed by atoms with E-state index in [0.29, 0.717) is 17.2 Å². The summed E-state index contributed by atoms with van der Waals surface area (Å²) in [4.78, 5) is 20.2. The molecule has 0 aliphatic carbocycles. The maximum Gasteiger partial charge on any atom is 0.244 e. The van der Waals surface area contributed by atoms with Gasteiger partial charge in [0, 0.05) is 18.5 Å². The molecule has 5 nitrogen and oxygen atoms in total. The highest BCUT2D eigenvalue weighted by molar-refractivity contribution is 6.32. The van der Waals surface area contributed by atoms with Gasteiger partial charge >= 0.3 is 0 Å². The lowest BCUT2D eigenvalue weighted by atomic mass is 10.1. The van der Waals surface area contributed by atoms with E-state index in [2.05, 4.69) is 15.3 Å². The summed E-state index contributed by atoms with van der Waals surface area (Å²) in [6, 6.07) is 11.1. The third kappa shape index (κ3) is 5.37. The molecule has 0 bridgehead atoms. The van der Waals surface area contributed by atoms with Gasteiger partial charge in [-0.2, -0.15) is 0 Å². The lowest BCUT2D eigenvalue weighted by Crippen LogP contribution is -2.24. The van der Waals surface area contributed by atoms with Gasteiger partial charge in [0.2, 0.25) is 11.8 Å². The third-order valence-corrected chi connectivity index (χ3v) is 4.18. The smallest absolute Gasteiger partial charge is 0.244 e. The van der Waals surface area contributed by atoms with E-state index in [0.717, 1.165) is 5.56 Å². The number of rotatable bonds is 6. The summed E-state index contributed by atoms with van der Waals surface area (Å²) >= 11 is 5.95. The first-order chi connectivity index (χ1) is 13.5. The first-order valence-electron chi connectivity index (χ1n) is 8.49. The Morgan fingerprint density at radius 2 is 2.11 bits per heavy atom. The largest absolute Gasteiger partial charge is 0.437 e. The number of ether oxygens (including phenoxy) is 1. The van der Waals surface area contributed by atoms with E-state index in [9.17, 15) is 9.18 Å². The number of hydrogen-bond donors (Lipinski definition) is 1. The van der Waals surface area contributed by atoms with E-state index < -0.39 is 5.82 Å². The van der Waals surface area contributed by atoms with Crippen molar-refractivity contribution in [2.75, 3.05) is 0 Å². The summed E-state index contributed by atoms with van der Waals surface area (Å²) < 4.78 is 18.7. The SMILES string of the molecule is CC(NC(=O)/C=C/c1ccc(F)cc1Cl)c1cccc(Oc2cnccn2)c1. The van der Waals surface area contributed by atoms with E-state index in [1.807, 2.05) is 25.1 Å². The molecule has 0 radical (unpaired) electrons. The summed E-state index contributed by atoms with van der Waals surface area (Å²) in [5.41, 5.74) is 1.42. The van der Waals surface area contributed by atoms with Crippen molar-refractivity contribution in [1.29, 1.82) is 0 Å². The van der Waals surface area contributed by atoms with Gasteiger partial charge in [-0.1, -0.05) is 29.8 Å². The van der Waals surface area contributed by atoms with Crippen molar-refractivity contribution in [1.82, 2.24) is 15.3 Å². The van der Waals surface area contributed by atoms with Crippen LogP contribution >= 0.6 is 11.6 Å². The molecular formula is C21H17ClFN3O2. The van der Waals surface area contributed by atoms with Crippen LogP contribution < -0.4 is 10.1 Å². The molecule has 142 valence electrons. The van der Waals surface area contributed by atoms with E-state index in [-0.39, 0.29) is 17.0 Å². The predicted octanol–water partition coefficient (Wildman–Crippen LogP) is 4.95. The molecule has 0 aliphatic rings. The van der Waals surface area contributed by atoms with E-state index >= 15 is 0 Å².